The molecule has 30 heavy (non-hydrogen) atoms. The zero-order valence-electron chi connectivity index (χ0n) is 16.2. The number of amides is 1. The lowest BCUT2D eigenvalue weighted by Crippen LogP contribution is -2.19. The number of hydrogen-bond acceptors (Lipinski definition) is 5. The van der Waals surface area contributed by atoms with Crippen LogP contribution in [0, 0.1) is 18.6 Å². The van der Waals surface area contributed by atoms with Crippen molar-refractivity contribution in [1.29, 1.82) is 0 Å². The van der Waals surface area contributed by atoms with Crippen molar-refractivity contribution >= 4 is 23.5 Å². The summed E-state index contributed by atoms with van der Waals surface area (Å²) >= 11 is 1.36. The maximum Gasteiger partial charge on any atom is 0.235 e. The number of fused-ring (bicyclic) bond motifs is 1. The fraction of sp³-hybridized carbons (Fsp3) is 0.238. The van der Waals surface area contributed by atoms with Gasteiger partial charge in [0.2, 0.25) is 5.91 Å². The number of nitrogens with one attached hydrogen (secondary N) is 1. The molecule has 0 saturated heterocycles. The van der Waals surface area contributed by atoms with Crippen LogP contribution in [0.4, 0.5) is 14.6 Å². The third-order valence-corrected chi connectivity index (χ3v) is 5.49. The number of halogens is 2. The van der Waals surface area contributed by atoms with Gasteiger partial charge in [-0.3, -0.25) is 4.79 Å². The van der Waals surface area contributed by atoms with Crippen molar-refractivity contribution in [3.63, 3.8) is 0 Å². The second-order valence-electron chi connectivity index (χ2n) is 6.71. The smallest absolute Gasteiger partial charge is 0.235 e. The quantitative estimate of drug-likeness (QED) is 0.598. The SMILES string of the molecule is Cc1cnn(Cc2cc(F)ccc2F)c1NC(=O)CSc1ccc2c(c1)OCCO2. The molecule has 1 aliphatic rings. The fourth-order valence-electron chi connectivity index (χ4n) is 3.02. The molecule has 2 aromatic carbocycles. The van der Waals surface area contributed by atoms with E-state index in [0.717, 1.165) is 28.7 Å². The van der Waals surface area contributed by atoms with E-state index in [4.69, 9.17) is 9.47 Å². The summed E-state index contributed by atoms with van der Waals surface area (Å²) in [6.07, 6.45) is 1.57. The minimum Gasteiger partial charge on any atom is -0.486 e. The summed E-state index contributed by atoms with van der Waals surface area (Å²) in [6, 6.07) is 8.79. The van der Waals surface area contributed by atoms with Crippen LogP contribution in [-0.4, -0.2) is 34.7 Å². The van der Waals surface area contributed by atoms with Gasteiger partial charge < -0.3 is 14.8 Å². The minimum absolute atomic E-state index is 0.00233. The van der Waals surface area contributed by atoms with Crippen molar-refractivity contribution in [3.05, 3.63) is 65.4 Å². The number of benzene rings is 2. The Balaban J connectivity index is 1.41. The molecule has 0 spiro atoms. The Morgan fingerprint density at radius 2 is 1.97 bits per heavy atom. The van der Waals surface area contributed by atoms with Crippen LogP contribution in [0.2, 0.25) is 0 Å². The number of thioether (sulfide) groups is 1. The van der Waals surface area contributed by atoms with E-state index in [-0.39, 0.29) is 23.8 Å². The lowest BCUT2D eigenvalue weighted by molar-refractivity contribution is -0.113. The first-order valence-electron chi connectivity index (χ1n) is 9.28. The Kier molecular flexibility index (Phi) is 5.89. The topological polar surface area (TPSA) is 65.4 Å². The predicted molar refractivity (Wildman–Crippen MR) is 109 cm³/mol. The van der Waals surface area contributed by atoms with Crippen LogP contribution in [0.5, 0.6) is 11.5 Å². The van der Waals surface area contributed by atoms with Gasteiger partial charge in [-0.05, 0) is 43.3 Å². The number of aromatic nitrogens is 2. The van der Waals surface area contributed by atoms with E-state index in [9.17, 15) is 13.6 Å². The highest BCUT2D eigenvalue weighted by Gasteiger charge is 2.15. The Morgan fingerprint density at radius 3 is 2.80 bits per heavy atom. The van der Waals surface area contributed by atoms with Crippen LogP contribution in [0.15, 0.2) is 47.5 Å². The van der Waals surface area contributed by atoms with Crippen LogP contribution >= 0.6 is 11.8 Å². The van der Waals surface area contributed by atoms with Gasteiger partial charge in [0, 0.05) is 16.0 Å². The Bertz CT molecular complexity index is 1090. The molecule has 156 valence electrons. The number of nitrogens with zero attached hydrogens (tertiary/aromatic N) is 2. The monoisotopic (exact) mass is 431 g/mol. The Hall–Kier alpha value is -3.07. The molecule has 6 nitrogen and oxygen atoms in total. The summed E-state index contributed by atoms with van der Waals surface area (Å²) in [4.78, 5) is 13.4. The minimum atomic E-state index is -0.531. The highest BCUT2D eigenvalue weighted by molar-refractivity contribution is 8.00. The van der Waals surface area contributed by atoms with Crippen molar-refractivity contribution in [1.82, 2.24) is 9.78 Å². The fourth-order valence-corrected chi connectivity index (χ4v) is 3.74. The van der Waals surface area contributed by atoms with Crippen LogP contribution in [-0.2, 0) is 11.3 Å². The van der Waals surface area contributed by atoms with Crippen molar-refractivity contribution in [2.75, 3.05) is 24.3 Å². The summed E-state index contributed by atoms with van der Waals surface area (Å²) in [5.74, 6) is 0.675. The maximum atomic E-state index is 14.0. The van der Waals surface area contributed by atoms with Crippen LogP contribution in [0.1, 0.15) is 11.1 Å². The molecule has 0 aliphatic carbocycles. The molecule has 3 aromatic rings. The number of carbonyl (C=O) groups excluding carboxylic acids is 1. The van der Waals surface area contributed by atoms with E-state index in [1.807, 2.05) is 18.2 Å². The summed E-state index contributed by atoms with van der Waals surface area (Å²) in [5.41, 5.74) is 0.878. The van der Waals surface area contributed by atoms with Crippen molar-refractivity contribution in [2.24, 2.45) is 0 Å². The van der Waals surface area contributed by atoms with E-state index < -0.39 is 11.6 Å². The van der Waals surface area contributed by atoms with Gasteiger partial charge in [0.05, 0.1) is 18.5 Å². The second-order valence-corrected chi connectivity index (χ2v) is 7.76. The lowest BCUT2D eigenvalue weighted by Gasteiger charge is -2.18. The van der Waals surface area contributed by atoms with Crippen molar-refractivity contribution < 1.29 is 23.0 Å². The van der Waals surface area contributed by atoms with Gasteiger partial charge in [-0.25, -0.2) is 13.5 Å². The zero-order chi connectivity index (χ0) is 21.1. The first-order chi connectivity index (χ1) is 14.5. The molecule has 0 saturated carbocycles. The van der Waals surface area contributed by atoms with E-state index in [1.54, 1.807) is 13.1 Å². The average molecular weight is 431 g/mol. The third kappa shape index (κ3) is 4.56. The molecule has 1 N–H and O–H groups in total. The normalized spacial score (nSPS) is 12.6. The van der Waals surface area contributed by atoms with Gasteiger partial charge in [0.25, 0.3) is 0 Å². The standard InChI is InChI=1S/C21H19F2N3O3S/c1-13-10-24-26(11-14-8-15(22)2-4-17(14)23)21(13)25-20(27)12-30-16-3-5-18-19(9-16)29-7-6-28-18/h2-5,8-10H,6-7,11-12H2,1H3,(H,25,27). The van der Waals surface area contributed by atoms with E-state index >= 15 is 0 Å². The largest absolute Gasteiger partial charge is 0.486 e. The van der Waals surface area contributed by atoms with Gasteiger partial charge in [-0.1, -0.05) is 0 Å². The van der Waals surface area contributed by atoms with Gasteiger partial charge in [0.1, 0.15) is 30.7 Å². The number of ether oxygens (including phenoxy) is 2. The second kappa shape index (κ2) is 8.74. The maximum absolute atomic E-state index is 14.0. The molecule has 0 unspecified atom stereocenters. The molecular weight excluding hydrogens is 412 g/mol. The predicted octanol–water partition coefficient (Wildman–Crippen LogP) is 4.02. The van der Waals surface area contributed by atoms with Crippen LogP contribution in [0.25, 0.3) is 0 Å². The molecule has 0 radical (unpaired) electrons. The zero-order valence-corrected chi connectivity index (χ0v) is 17.0. The highest BCUT2D eigenvalue weighted by atomic mass is 32.2. The Morgan fingerprint density at radius 1 is 1.17 bits per heavy atom. The molecule has 0 fully saturated rings. The first-order valence-corrected chi connectivity index (χ1v) is 10.3. The Labute approximate surface area is 176 Å². The van der Waals surface area contributed by atoms with E-state index in [1.165, 1.54) is 16.4 Å². The van der Waals surface area contributed by atoms with Gasteiger partial charge >= 0.3 is 0 Å². The summed E-state index contributed by atoms with van der Waals surface area (Å²) in [7, 11) is 0. The number of aryl methyl sites for hydroxylation is 1. The number of anilines is 1. The third-order valence-electron chi connectivity index (χ3n) is 4.49. The van der Waals surface area contributed by atoms with E-state index in [2.05, 4.69) is 10.4 Å². The molecule has 4 rings (SSSR count). The molecule has 2 heterocycles. The van der Waals surface area contributed by atoms with Crippen LogP contribution in [0.3, 0.4) is 0 Å². The number of rotatable bonds is 6. The summed E-state index contributed by atoms with van der Waals surface area (Å²) < 4.78 is 39.9. The van der Waals surface area contributed by atoms with Gasteiger partial charge in [-0.2, -0.15) is 5.10 Å². The lowest BCUT2D eigenvalue weighted by atomic mass is 10.2. The highest BCUT2D eigenvalue weighted by Crippen LogP contribution is 2.34. The molecule has 9 heteroatoms. The molecule has 1 amide bonds. The number of carbonyl (C=O) groups is 1. The van der Waals surface area contributed by atoms with E-state index in [0.29, 0.717) is 30.5 Å². The summed E-state index contributed by atoms with van der Waals surface area (Å²) in [6.45, 7) is 2.81. The van der Waals surface area contributed by atoms with Crippen LogP contribution < -0.4 is 14.8 Å². The van der Waals surface area contributed by atoms with Gasteiger partial charge in [0.15, 0.2) is 11.5 Å². The summed E-state index contributed by atoms with van der Waals surface area (Å²) in [5, 5.41) is 6.99. The molecule has 1 aliphatic heterocycles. The average Bonchev–Trinajstić information content (AvgIpc) is 3.08. The molecule has 0 atom stereocenters. The van der Waals surface area contributed by atoms with Gasteiger partial charge in [-0.15, -0.1) is 11.8 Å². The van der Waals surface area contributed by atoms with Crippen molar-refractivity contribution in [3.8, 4) is 11.5 Å². The van der Waals surface area contributed by atoms with Crippen molar-refractivity contribution in [2.45, 2.75) is 18.4 Å². The number of hydrogen-bond donors (Lipinski definition) is 1. The molecular formula is C21H19F2N3O3S. The molecule has 0 bridgehead atoms. The molecule has 1 aromatic heterocycles. The first kappa shape index (κ1) is 20.2.